The largest absolute Gasteiger partial charge is 0.337 e. The maximum Gasteiger partial charge on any atom is 0.249 e. The van der Waals surface area contributed by atoms with E-state index in [0.717, 1.165) is 44.2 Å². The molecule has 1 saturated heterocycles. The van der Waals surface area contributed by atoms with Gasteiger partial charge in [-0.2, -0.15) is 4.98 Å². The van der Waals surface area contributed by atoms with Gasteiger partial charge in [0.15, 0.2) is 5.82 Å². The summed E-state index contributed by atoms with van der Waals surface area (Å²) in [5.41, 5.74) is 6.86. The molecule has 134 valence electrons. The standard InChI is InChI=1S/C18H22N4O2.ClH/c19-18(9-5-10-18)17-20-16(24-21-17)14-8-4-11-22(14)15(23)12-13-6-2-1-3-7-13;/h1-3,6-7,14H,4-5,8-12,19H2;1H. The van der Waals surface area contributed by atoms with Crippen molar-refractivity contribution in [1.29, 1.82) is 0 Å². The van der Waals surface area contributed by atoms with Crippen molar-refractivity contribution in [2.45, 2.75) is 50.1 Å². The smallest absolute Gasteiger partial charge is 0.249 e. The maximum absolute atomic E-state index is 12.7. The Balaban J connectivity index is 0.00000182. The fourth-order valence-electron chi connectivity index (χ4n) is 3.55. The lowest BCUT2D eigenvalue weighted by Gasteiger charge is -2.34. The minimum absolute atomic E-state index is 0. The van der Waals surface area contributed by atoms with Crippen LogP contribution in [0.3, 0.4) is 0 Å². The summed E-state index contributed by atoms with van der Waals surface area (Å²) in [6.07, 6.45) is 5.11. The fourth-order valence-corrected chi connectivity index (χ4v) is 3.55. The number of carbonyl (C=O) groups excluding carboxylic acids is 1. The molecule has 2 aromatic rings. The molecule has 0 radical (unpaired) electrons. The van der Waals surface area contributed by atoms with Crippen molar-refractivity contribution in [3.63, 3.8) is 0 Å². The molecule has 2 aliphatic rings. The van der Waals surface area contributed by atoms with E-state index in [1.807, 2.05) is 35.2 Å². The number of nitrogens with zero attached hydrogens (tertiary/aromatic N) is 3. The molecule has 1 aliphatic carbocycles. The third-order valence-corrected chi connectivity index (χ3v) is 5.19. The van der Waals surface area contributed by atoms with Crippen molar-refractivity contribution in [3.05, 3.63) is 47.6 Å². The Morgan fingerprint density at radius 1 is 1.28 bits per heavy atom. The van der Waals surface area contributed by atoms with Gasteiger partial charge in [0.25, 0.3) is 0 Å². The summed E-state index contributed by atoms with van der Waals surface area (Å²) >= 11 is 0. The van der Waals surface area contributed by atoms with E-state index in [4.69, 9.17) is 10.3 Å². The van der Waals surface area contributed by atoms with E-state index < -0.39 is 5.54 Å². The van der Waals surface area contributed by atoms with Gasteiger partial charge in [-0.25, -0.2) is 0 Å². The Morgan fingerprint density at radius 2 is 2.04 bits per heavy atom. The van der Waals surface area contributed by atoms with Gasteiger partial charge >= 0.3 is 0 Å². The molecular weight excluding hydrogens is 340 g/mol. The van der Waals surface area contributed by atoms with Crippen LogP contribution in [0, 0.1) is 0 Å². The topological polar surface area (TPSA) is 85.2 Å². The normalized spacial score (nSPS) is 21.5. The van der Waals surface area contributed by atoms with Crippen LogP contribution in [0.2, 0.25) is 0 Å². The Hall–Kier alpha value is -1.92. The number of hydrogen-bond acceptors (Lipinski definition) is 5. The molecule has 1 unspecified atom stereocenters. The van der Waals surface area contributed by atoms with Crippen LogP contribution >= 0.6 is 12.4 Å². The first kappa shape index (κ1) is 17.9. The molecule has 2 N–H and O–H groups in total. The van der Waals surface area contributed by atoms with Crippen molar-refractivity contribution in [1.82, 2.24) is 15.0 Å². The maximum atomic E-state index is 12.7. The van der Waals surface area contributed by atoms with Crippen LogP contribution in [0.4, 0.5) is 0 Å². The van der Waals surface area contributed by atoms with Crippen LogP contribution in [-0.2, 0) is 16.8 Å². The molecule has 2 fully saturated rings. The Kier molecular flexibility index (Phi) is 5.11. The van der Waals surface area contributed by atoms with Gasteiger partial charge in [0.1, 0.15) is 6.04 Å². The van der Waals surface area contributed by atoms with Crippen molar-refractivity contribution >= 4 is 18.3 Å². The highest BCUT2D eigenvalue weighted by Crippen LogP contribution is 2.38. The van der Waals surface area contributed by atoms with E-state index in [2.05, 4.69) is 10.1 Å². The number of aromatic nitrogens is 2. The van der Waals surface area contributed by atoms with Crippen molar-refractivity contribution in [2.75, 3.05) is 6.54 Å². The Bertz CT molecular complexity index is 730. The summed E-state index contributed by atoms with van der Waals surface area (Å²) in [6.45, 7) is 0.738. The molecule has 0 spiro atoms. The van der Waals surface area contributed by atoms with Gasteiger partial charge in [-0.3, -0.25) is 4.79 Å². The zero-order valence-corrected chi connectivity index (χ0v) is 14.9. The van der Waals surface area contributed by atoms with Gasteiger partial charge < -0.3 is 15.2 Å². The quantitative estimate of drug-likeness (QED) is 0.903. The van der Waals surface area contributed by atoms with Gasteiger partial charge in [0, 0.05) is 6.54 Å². The number of amides is 1. The average molecular weight is 363 g/mol. The van der Waals surface area contributed by atoms with Crippen molar-refractivity contribution in [2.24, 2.45) is 5.73 Å². The van der Waals surface area contributed by atoms with Crippen molar-refractivity contribution < 1.29 is 9.32 Å². The second-order valence-electron chi connectivity index (χ2n) is 6.87. The molecule has 1 saturated carbocycles. The van der Waals surface area contributed by atoms with Gasteiger partial charge in [0.05, 0.1) is 12.0 Å². The summed E-state index contributed by atoms with van der Waals surface area (Å²) in [7, 11) is 0. The van der Waals surface area contributed by atoms with Crippen LogP contribution in [0.5, 0.6) is 0 Å². The van der Waals surface area contributed by atoms with E-state index in [0.29, 0.717) is 18.1 Å². The molecule has 4 rings (SSSR count). The van der Waals surface area contributed by atoms with Crippen molar-refractivity contribution in [3.8, 4) is 0 Å². The number of rotatable bonds is 4. The molecular formula is C18H23ClN4O2. The summed E-state index contributed by atoms with van der Waals surface area (Å²) < 4.78 is 5.47. The number of nitrogens with two attached hydrogens (primary N) is 1. The van der Waals surface area contributed by atoms with Gasteiger partial charge in [-0.15, -0.1) is 12.4 Å². The minimum Gasteiger partial charge on any atom is -0.337 e. The van der Waals surface area contributed by atoms with Gasteiger partial charge in [0.2, 0.25) is 11.8 Å². The first-order valence-electron chi connectivity index (χ1n) is 8.62. The summed E-state index contributed by atoms with van der Waals surface area (Å²) in [5.74, 6) is 1.22. The molecule has 2 heterocycles. The molecule has 1 amide bonds. The number of benzene rings is 1. The second kappa shape index (κ2) is 7.14. The second-order valence-corrected chi connectivity index (χ2v) is 6.87. The summed E-state index contributed by atoms with van der Waals surface area (Å²) in [4.78, 5) is 19.1. The molecule has 1 aromatic heterocycles. The first-order chi connectivity index (χ1) is 11.7. The van der Waals surface area contributed by atoms with Crippen LogP contribution in [0.25, 0.3) is 0 Å². The summed E-state index contributed by atoms with van der Waals surface area (Å²) in [6, 6.07) is 9.69. The lowest BCUT2D eigenvalue weighted by Crippen LogP contribution is -2.44. The third kappa shape index (κ3) is 3.41. The molecule has 0 bridgehead atoms. The van der Waals surface area contributed by atoms with Gasteiger partial charge in [-0.05, 0) is 37.7 Å². The van der Waals surface area contributed by atoms with Crippen LogP contribution in [0.15, 0.2) is 34.9 Å². The highest BCUT2D eigenvalue weighted by atomic mass is 35.5. The van der Waals surface area contributed by atoms with Gasteiger partial charge in [-0.1, -0.05) is 35.5 Å². The lowest BCUT2D eigenvalue weighted by molar-refractivity contribution is -0.131. The minimum atomic E-state index is -0.431. The van der Waals surface area contributed by atoms with Crippen LogP contribution in [0.1, 0.15) is 55.4 Å². The first-order valence-corrected chi connectivity index (χ1v) is 8.62. The zero-order valence-electron chi connectivity index (χ0n) is 14.1. The van der Waals surface area contributed by atoms with Crippen LogP contribution in [-0.4, -0.2) is 27.5 Å². The summed E-state index contributed by atoms with van der Waals surface area (Å²) in [5, 5.41) is 4.08. The van der Waals surface area contributed by atoms with E-state index in [-0.39, 0.29) is 24.4 Å². The predicted molar refractivity (Wildman–Crippen MR) is 95.1 cm³/mol. The number of likely N-dealkylation sites (tertiary alicyclic amines) is 1. The highest BCUT2D eigenvalue weighted by Gasteiger charge is 2.41. The van der Waals surface area contributed by atoms with E-state index in [1.54, 1.807) is 0 Å². The molecule has 6 nitrogen and oxygen atoms in total. The monoisotopic (exact) mass is 362 g/mol. The Morgan fingerprint density at radius 3 is 2.72 bits per heavy atom. The van der Waals surface area contributed by atoms with E-state index >= 15 is 0 Å². The molecule has 1 aromatic carbocycles. The van der Waals surface area contributed by atoms with E-state index in [9.17, 15) is 4.79 Å². The molecule has 1 atom stereocenters. The predicted octanol–water partition coefficient (Wildman–Crippen LogP) is 2.74. The third-order valence-electron chi connectivity index (χ3n) is 5.19. The highest BCUT2D eigenvalue weighted by molar-refractivity contribution is 5.85. The number of halogens is 1. The fraction of sp³-hybridized carbons (Fsp3) is 0.500. The lowest BCUT2D eigenvalue weighted by atomic mass is 9.77. The molecule has 25 heavy (non-hydrogen) atoms. The van der Waals surface area contributed by atoms with E-state index in [1.165, 1.54) is 0 Å². The number of hydrogen-bond donors (Lipinski definition) is 1. The SMILES string of the molecule is Cl.NC1(c2noc(C3CCCN3C(=O)Cc3ccccc3)n2)CCC1. The molecule has 1 aliphatic heterocycles. The average Bonchev–Trinajstić information content (AvgIpc) is 3.22. The zero-order chi connectivity index (χ0) is 16.6. The molecule has 7 heteroatoms. The number of carbonyl (C=O) groups is 1. The Labute approximate surface area is 153 Å². The van der Waals surface area contributed by atoms with Crippen LogP contribution < -0.4 is 5.73 Å².